The van der Waals surface area contributed by atoms with Gasteiger partial charge in [0.1, 0.15) is 5.54 Å². The lowest BCUT2D eigenvalue weighted by atomic mass is 9.88. The minimum Gasteiger partial charge on any atom is -0.468 e. The maximum Gasteiger partial charge on any atom is 0.508 e. The zero-order valence-corrected chi connectivity index (χ0v) is 24.4. The molecule has 1 atom stereocenters. The van der Waals surface area contributed by atoms with E-state index in [4.69, 9.17) is 29.4 Å². The Morgan fingerprint density at radius 2 is 1.38 bits per heavy atom. The van der Waals surface area contributed by atoms with Crippen molar-refractivity contribution in [3.8, 4) is 11.5 Å². The highest BCUT2D eigenvalue weighted by Crippen LogP contribution is 2.31. The second kappa shape index (κ2) is 16.7. The van der Waals surface area contributed by atoms with Gasteiger partial charge in [0, 0.05) is 25.7 Å². The predicted octanol–water partition coefficient (Wildman–Crippen LogP) is 4.98. The first-order valence-corrected chi connectivity index (χ1v) is 13.5. The van der Waals surface area contributed by atoms with Crippen molar-refractivity contribution in [2.24, 2.45) is 23.5 Å². The van der Waals surface area contributed by atoms with E-state index in [0.29, 0.717) is 30.2 Å². The van der Waals surface area contributed by atoms with Gasteiger partial charge in [-0.25, -0.2) is 4.79 Å². The molecule has 1 rings (SSSR count). The number of esters is 3. The number of nitrogens with two attached hydrogens (primary N) is 1. The van der Waals surface area contributed by atoms with Crippen molar-refractivity contribution in [3.63, 3.8) is 0 Å². The molecule has 220 valence electrons. The molecule has 10 nitrogen and oxygen atoms in total. The molecule has 0 radical (unpaired) electrons. The molecule has 0 saturated carbocycles. The van der Waals surface area contributed by atoms with Crippen molar-refractivity contribution in [2.75, 3.05) is 20.3 Å². The average molecular weight is 552 g/mol. The van der Waals surface area contributed by atoms with Gasteiger partial charge in [-0.15, -0.1) is 0 Å². The smallest absolute Gasteiger partial charge is 0.468 e. The Balaban J connectivity index is 3.11. The van der Waals surface area contributed by atoms with E-state index in [1.807, 2.05) is 41.5 Å². The summed E-state index contributed by atoms with van der Waals surface area (Å²) < 4.78 is 26.0. The van der Waals surface area contributed by atoms with Gasteiger partial charge in [0.25, 0.3) is 0 Å². The van der Waals surface area contributed by atoms with Crippen LogP contribution in [0, 0.1) is 17.8 Å². The number of benzene rings is 1. The Morgan fingerprint density at radius 3 is 1.90 bits per heavy atom. The van der Waals surface area contributed by atoms with Crippen molar-refractivity contribution in [1.82, 2.24) is 0 Å². The first-order chi connectivity index (χ1) is 18.2. The summed E-state index contributed by atoms with van der Waals surface area (Å²) in [5.41, 5.74) is 5.38. The van der Waals surface area contributed by atoms with Gasteiger partial charge in [0.05, 0.1) is 20.3 Å². The third-order valence-corrected chi connectivity index (χ3v) is 5.72. The number of rotatable bonds is 16. The van der Waals surface area contributed by atoms with Crippen LogP contribution in [0.4, 0.5) is 4.79 Å². The maximum absolute atomic E-state index is 12.6. The minimum atomic E-state index is -1.55. The first kappa shape index (κ1) is 33.9. The van der Waals surface area contributed by atoms with Crippen molar-refractivity contribution in [1.29, 1.82) is 0 Å². The van der Waals surface area contributed by atoms with E-state index in [2.05, 4.69) is 0 Å². The van der Waals surface area contributed by atoms with Gasteiger partial charge >= 0.3 is 24.1 Å². The molecule has 0 bridgehead atoms. The fourth-order valence-electron chi connectivity index (χ4n) is 3.41. The van der Waals surface area contributed by atoms with E-state index in [0.717, 1.165) is 0 Å². The highest BCUT2D eigenvalue weighted by Gasteiger charge is 2.36. The van der Waals surface area contributed by atoms with Crippen LogP contribution in [0.2, 0.25) is 0 Å². The van der Waals surface area contributed by atoms with Gasteiger partial charge in [0.15, 0.2) is 11.5 Å². The first-order valence-electron chi connectivity index (χ1n) is 13.5. The molecule has 0 amide bonds. The van der Waals surface area contributed by atoms with Crippen LogP contribution in [-0.2, 0) is 35.0 Å². The minimum absolute atomic E-state index is 0.0256. The normalized spacial score (nSPS) is 12.7. The second-order valence-electron chi connectivity index (χ2n) is 11.0. The van der Waals surface area contributed by atoms with Crippen molar-refractivity contribution >= 4 is 24.1 Å². The van der Waals surface area contributed by atoms with Crippen molar-refractivity contribution < 1.29 is 42.9 Å². The lowest BCUT2D eigenvalue weighted by Gasteiger charge is -2.26. The summed E-state index contributed by atoms with van der Waals surface area (Å²) >= 11 is 0. The molecule has 0 aliphatic heterocycles. The molecule has 1 unspecified atom stereocenters. The van der Waals surface area contributed by atoms with Gasteiger partial charge in [0.2, 0.25) is 0 Å². The number of hydrogen-bond acceptors (Lipinski definition) is 10. The molecular formula is C29H45NO9. The summed E-state index contributed by atoms with van der Waals surface area (Å²) in [5, 5.41) is 0. The predicted molar refractivity (Wildman–Crippen MR) is 145 cm³/mol. The van der Waals surface area contributed by atoms with Gasteiger partial charge in [-0.05, 0) is 48.3 Å². The van der Waals surface area contributed by atoms with Crippen LogP contribution >= 0.6 is 0 Å². The van der Waals surface area contributed by atoms with E-state index in [1.54, 1.807) is 6.07 Å². The van der Waals surface area contributed by atoms with E-state index in [9.17, 15) is 19.2 Å². The number of ether oxygens (including phenoxy) is 5. The quantitative estimate of drug-likeness (QED) is 0.221. The molecule has 1 aromatic rings. The van der Waals surface area contributed by atoms with Crippen LogP contribution in [0.3, 0.4) is 0 Å². The summed E-state index contributed by atoms with van der Waals surface area (Å²) in [6.07, 6.45) is 0.770. The van der Waals surface area contributed by atoms with Crippen molar-refractivity contribution in [3.05, 3.63) is 23.8 Å². The molecule has 1 aromatic carbocycles. The van der Waals surface area contributed by atoms with Crippen LogP contribution in [0.15, 0.2) is 18.2 Å². The molecule has 0 aliphatic rings. The van der Waals surface area contributed by atoms with Crippen molar-refractivity contribution in [2.45, 2.75) is 85.6 Å². The Labute approximate surface area is 231 Å². The summed E-state index contributed by atoms with van der Waals surface area (Å²) in [6, 6.07) is 4.64. The van der Waals surface area contributed by atoms with Crippen LogP contribution < -0.4 is 15.2 Å². The lowest BCUT2D eigenvalue weighted by Crippen LogP contribution is -2.51. The van der Waals surface area contributed by atoms with E-state index >= 15 is 0 Å². The monoisotopic (exact) mass is 551 g/mol. The summed E-state index contributed by atoms with van der Waals surface area (Å²) in [7, 11) is 1.21. The summed E-state index contributed by atoms with van der Waals surface area (Å²) in [4.78, 5) is 49.3. The lowest BCUT2D eigenvalue weighted by molar-refractivity contribution is -0.147. The average Bonchev–Trinajstić information content (AvgIpc) is 2.86. The molecule has 10 heteroatoms. The highest BCUT2D eigenvalue weighted by molar-refractivity contribution is 5.81. The molecule has 0 fully saturated rings. The van der Waals surface area contributed by atoms with Crippen LogP contribution in [0.25, 0.3) is 0 Å². The fraction of sp³-hybridized carbons (Fsp3) is 0.655. The Morgan fingerprint density at radius 1 is 0.821 bits per heavy atom. The van der Waals surface area contributed by atoms with Gasteiger partial charge < -0.3 is 29.4 Å². The summed E-state index contributed by atoms with van der Waals surface area (Å²) in [6.45, 7) is 11.8. The van der Waals surface area contributed by atoms with Gasteiger partial charge in [-0.2, -0.15) is 0 Å². The van der Waals surface area contributed by atoms with E-state index in [-0.39, 0.29) is 56.3 Å². The Bertz CT molecular complexity index is 958. The third-order valence-electron chi connectivity index (χ3n) is 5.72. The molecule has 39 heavy (non-hydrogen) atoms. The zero-order valence-electron chi connectivity index (χ0n) is 24.4. The second-order valence-corrected chi connectivity index (χ2v) is 11.0. The standard InChI is InChI=1S/C29H45NO9/c1-19(2)8-12-25(31)38-23-11-10-22(16-24(23)39-26(32)13-9-20(3)4)17-29(30,27(33)35-7)14-15-36-28(34)37-18-21(5)6/h10-11,16,19-21H,8-9,12-15,17-18,30H2,1-7H3. The van der Waals surface area contributed by atoms with E-state index in [1.165, 1.54) is 19.2 Å². The summed E-state index contributed by atoms with van der Waals surface area (Å²) in [5.74, 6) is -0.693. The SMILES string of the molecule is COC(=O)C(N)(CCOC(=O)OCC(C)C)Cc1ccc(OC(=O)CCC(C)C)c(OC(=O)CCC(C)C)c1. The van der Waals surface area contributed by atoms with E-state index < -0.39 is 29.6 Å². The maximum atomic E-state index is 12.6. The molecular weight excluding hydrogens is 506 g/mol. The highest BCUT2D eigenvalue weighted by atomic mass is 16.7. The van der Waals surface area contributed by atoms with Gasteiger partial charge in [-0.1, -0.05) is 47.6 Å². The van der Waals surface area contributed by atoms with Crippen LogP contribution in [0.5, 0.6) is 11.5 Å². The molecule has 0 aliphatic carbocycles. The molecule has 0 heterocycles. The topological polar surface area (TPSA) is 140 Å². The number of carbonyl (C=O) groups excluding carboxylic acids is 4. The van der Waals surface area contributed by atoms with Crippen LogP contribution in [-0.4, -0.2) is 49.9 Å². The Kier molecular flexibility index (Phi) is 14.5. The number of carbonyl (C=O) groups is 4. The Hall–Kier alpha value is -3.14. The molecule has 2 N–H and O–H groups in total. The third kappa shape index (κ3) is 13.5. The molecule has 0 saturated heterocycles. The number of methoxy groups -OCH3 is 1. The number of hydrogen-bond donors (Lipinski definition) is 1. The van der Waals surface area contributed by atoms with Crippen LogP contribution in [0.1, 0.15) is 79.2 Å². The zero-order chi connectivity index (χ0) is 29.6. The molecule has 0 spiro atoms. The fourth-order valence-corrected chi connectivity index (χ4v) is 3.41. The van der Waals surface area contributed by atoms with Gasteiger partial charge in [-0.3, -0.25) is 14.4 Å². The largest absolute Gasteiger partial charge is 0.508 e. The molecule has 0 aromatic heterocycles.